The van der Waals surface area contributed by atoms with E-state index in [1.165, 1.54) is 38.8 Å². The van der Waals surface area contributed by atoms with Crippen molar-refractivity contribution in [3.8, 4) is 0 Å². The first-order chi connectivity index (χ1) is 9.81. The molecule has 0 bridgehead atoms. The highest BCUT2D eigenvalue weighted by atomic mass is 16.3. The fourth-order valence-electron chi connectivity index (χ4n) is 3.58. The van der Waals surface area contributed by atoms with Crippen molar-refractivity contribution in [2.24, 2.45) is 0 Å². The maximum atomic E-state index is 10.2. The molecule has 2 aliphatic heterocycles. The Labute approximate surface area is 121 Å². The average Bonchev–Trinajstić information content (AvgIpc) is 3.11. The summed E-state index contributed by atoms with van der Waals surface area (Å²) in [6.45, 7) is 6.15. The van der Waals surface area contributed by atoms with Crippen LogP contribution in [0.25, 0.3) is 0 Å². The lowest BCUT2D eigenvalue weighted by Crippen LogP contribution is -2.49. The van der Waals surface area contributed by atoms with Gasteiger partial charge >= 0.3 is 0 Å². The number of β-amino-alcohol motifs (C(OH)–C–C–N with tert-alkyl or cyclic N) is 1. The number of likely N-dealkylation sites (tertiary alicyclic amines) is 2. The molecule has 0 unspecified atom stereocenters. The molecule has 2 fully saturated rings. The zero-order valence-electron chi connectivity index (χ0n) is 12.2. The first-order valence-electron chi connectivity index (χ1n) is 7.93. The second kappa shape index (κ2) is 6.70. The van der Waals surface area contributed by atoms with Crippen molar-refractivity contribution in [2.45, 2.75) is 44.4 Å². The number of nitrogens with zero attached hydrogens (tertiary/aromatic N) is 4. The quantitative estimate of drug-likeness (QED) is 0.865. The van der Waals surface area contributed by atoms with Crippen LogP contribution < -0.4 is 0 Å². The molecule has 2 atom stereocenters. The predicted octanol–water partition coefficient (Wildman–Crippen LogP) is 0.804. The fraction of sp³-hybridized carbons (Fsp3) is 0.800. The van der Waals surface area contributed by atoms with E-state index in [0.29, 0.717) is 12.6 Å². The molecular formula is C15H26N4O. The van der Waals surface area contributed by atoms with Crippen molar-refractivity contribution in [3.63, 3.8) is 0 Å². The van der Waals surface area contributed by atoms with Gasteiger partial charge in [0.25, 0.3) is 0 Å². The summed E-state index contributed by atoms with van der Waals surface area (Å²) in [4.78, 5) is 5.08. The van der Waals surface area contributed by atoms with Crippen LogP contribution in [0.15, 0.2) is 18.5 Å². The highest BCUT2D eigenvalue weighted by Gasteiger charge is 2.27. The molecule has 3 rings (SSSR count). The van der Waals surface area contributed by atoms with Crippen molar-refractivity contribution in [1.82, 2.24) is 19.6 Å². The molecule has 0 aromatic carbocycles. The van der Waals surface area contributed by atoms with Gasteiger partial charge in [0.2, 0.25) is 0 Å². The second-order valence-corrected chi connectivity index (χ2v) is 6.18. The first kappa shape index (κ1) is 14.0. The highest BCUT2D eigenvalue weighted by molar-refractivity contribution is 4.84. The predicted molar refractivity (Wildman–Crippen MR) is 78.5 cm³/mol. The Kier molecular flexibility index (Phi) is 4.70. The van der Waals surface area contributed by atoms with E-state index in [4.69, 9.17) is 0 Å². The standard InChI is InChI=1S/C15H26N4O/c20-15(13-19-10-4-6-16-19)12-17-7-3-5-14(11-17)18-8-1-2-9-18/h4,6,10,14-15,20H,1-3,5,7-9,11-13H2/t14-,15+/m0/s1. The number of piperidine rings is 1. The topological polar surface area (TPSA) is 44.5 Å². The Morgan fingerprint density at radius 2 is 2.00 bits per heavy atom. The van der Waals surface area contributed by atoms with Crippen LogP contribution in [0.1, 0.15) is 25.7 Å². The summed E-state index contributed by atoms with van der Waals surface area (Å²) in [5, 5.41) is 14.4. The van der Waals surface area contributed by atoms with Crippen LogP contribution in [-0.4, -0.2) is 69.6 Å². The van der Waals surface area contributed by atoms with Gasteiger partial charge in [0.1, 0.15) is 0 Å². The summed E-state index contributed by atoms with van der Waals surface area (Å²) in [6.07, 6.45) is 8.65. The first-order valence-corrected chi connectivity index (χ1v) is 7.93. The summed E-state index contributed by atoms with van der Waals surface area (Å²) in [5.74, 6) is 0. The lowest BCUT2D eigenvalue weighted by atomic mass is 10.0. The van der Waals surface area contributed by atoms with Crippen molar-refractivity contribution >= 4 is 0 Å². The largest absolute Gasteiger partial charge is 0.390 e. The molecule has 1 N–H and O–H groups in total. The Hall–Kier alpha value is -0.910. The van der Waals surface area contributed by atoms with E-state index in [2.05, 4.69) is 14.9 Å². The number of aliphatic hydroxyl groups excluding tert-OH is 1. The molecular weight excluding hydrogens is 252 g/mol. The van der Waals surface area contributed by atoms with Crippen molar-refractivity contribution in [3.05, 3.63) is 18.5 Å². The van der Waals surface area contributed by atoms with Gasteiger partial charge in [-0.15, -0.1) is 0 Å². The van der Waals surface area contributed by atoms with Gasteiger partial charge in [-0.3, -0.25) is 14.5 Å². The summed E-state index contributed by atoms with van der Waals surface area (Å²) in [7, 11) is 0. The van der Waals surface area contributed by atoms with Gasteiger partial charge in [0.05, 0.1) is 12.6 Å². The summed E-state index contributed by atoms with van der Waals surface area (Å²) in [6, 6.07) is 2.61. The van der Waals surface area contributed by atoms with Crippen molar-refractivity contribution in [1.29, 1.82) is 0 Å². The molecule has 1 aromatic rings. The lowest BCUT2D eigenvalue weighted by molar-refractivity contribution is 0.0563. The molecule has 112 valence electrons. The van der Waals surface area contributed by atoms with E-state index in [9.17, 15) is 5.11 Å². The zero-order valence-corrected chi connectivity index (χ0v) is 12.2. The molecule has 0 amide bonds. The summed E-state index contributed by atoms with van der Waals surface area (Å²) >= 11 is 0. The van der Waals surface area contributed by atoms with Crippen LogP contribution in [0.2, 0.25) is 0 Å². The Balaban J connectivity index is 1.46. The van der Waals surface area contributed by atoms with Crippen LogP contribution in [-0.2, 0) is 6.54 Å². The van der Waals surface area contributed by atoms with E-state index in [-0.39, 0.29) is 6.10 Å². The van der Waals surface area contributed by atoms with Gasteiger partial charge in [-0.2, -0.15) is 5.10 Å². The van der Waals surface area contributed by atoms with Gasteiger partial charge in [0, 0.05) is 31.5 Å². The SMILES string of the molecule is O[C@H](CN1CCC[C@H](N2CCCC2)C1)Cn1cccn1. The number of aliphatic hydroxyl groups is 1. The second-order valence-electron chi connectivity index (χ2n) is 6.18. The molecule has 2 saturated heterocycles. The number of hydrogen-bond donors (Lipinski definition) is 1. The van der Waals surface area contributed by atoms with Gasteiger partial charge < -0.3 is 5.11 Å². The Bertz CT molecular complexity index is 389. The van der Waals surface area contributed by atoms with E-state index in [1.807, 2.05) is 16.9 Å². The van der Waals surface area contributed by atoms with Crippen LogP contribution in [0.3, 0.4) is 0 Å². The summed E-state index contributed by atoms with van der Waals surface area (Å²) in [5.41, 5.74) is 0. The minimum Gasteiger partial charge on any atom is -0.390 e. The van der Waals surface area contributed by atoms with Crippen LogP contribution in [0.5, 0.6) is 0 Å². The molecule has 0 radical (unpaired) electrons. The Morgan fingerprint density at radius 1 is 1.15 bits per heavy atom. The van der Waals surface area contributed by atoms with E-state index in [0.717, 1.165) is 19.6 Å². The molecule has 0 spiro atoms. The third-order valence-electron chi connectivity index (χ3n) is 4.56. The lowest BCUT2D eigenvalue weighted by Gasteiger charge is -2.38. The third-order valence-corrected chi connectivity index (χ3v) is 4.56. The van der Waals surface area contributed by atoms with Crippen molar-refractivity contribution in [2.75, 3.05) is 32.7 Å². The summed E-state index contributed by atoms with van der Waals surface area (Å²) < 4.78 is 1.81. The maximum absolute atomic E-state index is 10.2. The van der Waals surface area contributed by atoms with Gasteiger partial charge in [-0.1, -0.05) is 0 Å². The molecule has 0 aliphatic carbocycles. The van der Waals surface area contributed by atoms with Crippen LogP contribution in [0.4, 0.5) is 0 Å². The third kappa shape index (κ3) is 3.59. The smallest absolute Gasteiger partial charge is 0.0862 e. The number of hydrogen-bond acceptors (Lipinski definition) is 4. The fourth-order valence-corrected chi connectivity index (χ4v) is 3.58. The van der Waals surface area contributed by atoms with Gasteiger partial charge in [-0.25, -0.2) is 0 Å². The van der Waals surface area contributed by atoms with E-state index < -0.39 is 0 Å². The molecule has 5 nitrogen and oxygen atoms in total. The van der Waals surface area contributed by atoms with Gasteiger partial charge in [-0.05, 0) is 51.4 Å². The van der Waals surface area contributed by atoms with E-state index >= 15 is 0 Å². The molecule has 0 saturated carbocycles. The molecule has 5 heteroatoms. The number of aromatic nitrogens is 2. The maximum Gasteiger partial charge on any atom is 0.0862 e. The molecule has 20 heavy (non-hydrogen) atoms. The van der Waals surface area contributed by atoms with Crippen LogP contribution in [0, 0.1) is 0 Å². The Morgan fingerprint density at radius 3 is 2.75 bits per heavy atom. The average molecular weight is 278 g/mol. The molecule has 3 heterocycles. The monoisotopic (exact) mass is 278 g/mol. The normalized spacial score (nSPS) is 26.9. The van der Waals surface area contributed by atoms with Crippen molar-refractivity contribution < 1.29 is 5.11 Å². The zero-order chi connectivity index (χ0) is 13.8. The minimum atomic E-state index is -0.327. The van der Waals surface area contributed by atoms with Gasteiger partial charge in [0.15, 0.2) is 0 Å². The minimum absolute atomic E-state index is 0.327. The molecule has 2 aliphatic rings. The molecule has 1 aromatic heterocycles. The van der Waals surface area contributed by atoms with Crippen LogP contribution >= 0.6 is 0 Å². The van der Waals surface area contributed by atoms with E-state index in [1.54, 1.807) is 6.20 Å². The number of rotatable bonds is 5. The highest BCUT2D eigenvalue weighted by Crippen LogP contribution is 2.20.